The summed E-state index contributed by atoms with van der Waals surface area (Å²) in [5, 5.41) is 10.3. The Balaban J connectivity index is 3.15. The van der Waals surface area contributed by atoms with Crippen molar-refractivity contribution in [3.8, 4) is 5.75 Å². The van der Waals surface area contributed by atoms with Crippen LogP contribution in [-0.4, -0.2) is 27.6 Å². The van der Waals surface area contributed by atoms with Crippen LogP contribution in [0.2, 0.25) is 0 Å². The number of phenols is 1. The molecule has 0 amide bonds. The molecule has 20 heavy (non-hydrogen) atoms. The molecule has 0 unspecified atom stereocenters. The van der Waals surface area contributed by atoms with Crippen LogP contribution in [0, 0.1) is 0 Å². The first-order chi connectivity index (χ1) is 9.65. The van der Waals surface area contributed by atoms with E-state index in [9.17, 15) is 5.11 Å². The van der Waals surface area contributed by atoms with Crippen molar-refractivity contribution in [3.05, 3.63) is 22.8 Å². The van der Waals surface area contributed by atoms with Crippen molar-refractivity contribution in [2.24, 2.45) is 0 Å². The first-order valence-electron chi connectivity index (χ1n) is 8.27. The molecule has 2 radical (unpaired) electrons. The van der Waals surface area contributed by atoms with Gasteiger partial charge in [0, 0.05) is 0 Å². The van der Waals surface area contributed by atoms with Crippen LogP contribution < -0.4 is 3.58 Å². The molecule has 2 heteroatoms. The molecule has 0 saturated heterocycles. The molecule has 0 spiro atoms. The van der Waals surface area contributed by atoms with Crippen molar-refractivity contribution in [2.45, 2.75) is 78.6 Å². The summed E-state index contributed by atoms with van der Waals surface area (Å²) in [4.78, 5) is 0. The fraction of sp³-hybridized carbons (Fsp3) is 0.667. The second-order valence-electron chi connectivity index (χ2n) is 5.74. The molecule has 1 aromatic rings. The summed E-state index contributed by atoms with van der Waals surface area (Å²) in [6, 6.07) is 2.07. The van der Waals surface area contributed by atoms with Crippen molar-refractivity contribution < 1.29 is 5.11 Å². The minimum absolute atomic E-state index is 0.560. The molecule has 1 rings (SSSR count). The Labute approximate surface area is 138 Å². The van der Waals surface area contributed by atoms with Gasteiger partial charge in [0.15, 0.2) is 0 Å². The predicted octanol–water partition coefficient (Wildman–Crippen LogP) is 3.95. The maximum absolute atomic E-state index is 10.3. The van der Waals surface area contributed by atoms with Crippen LogP contribution in [0.3, 0.4) is 0 Å². The average Bonchev–Trinajstić information content (AvgIpc) is 2.45. The Morgan fingerprint density at radius 2 is 1.35 bits per heavy atom. The molecule has 0 saturated carbocycles. The summed E-state index contributed by atoms with van der Waals surface area (Å²) in [7, 11) is 0. The summed E-state index contributed by atoms with van der Waals surface area (Å²) in [5.41, 5.74) is 4.49. The Morgan fingerprint density at radius 1 is 0.850 bits per heavy atom. The van der Waals surface area contributed by atoms with Gasteiger partial charge in [0.05, 0.1) is 0 Å². The zero-order valence-corrected chi connectivity index (χ0v) is 16.8. The second kappa shape index (κ2) is 9.70. The molecule has 0 aromatic heterocycles. The molecule has 0 heterocycles. The third-order valence-electron chi connectivity index (χ3n) is 4.02. The number of hydrogen-bond acceptors (Lipinski definition) is 1. The van der Waals surface area contributed by atoms with Gasteiger partial charge < -0.3 is 0 Å². The van der Waals surface area contributed by atoms with Gasteiger partial charge in [0.2, 0.25) is 0 Å². The van der Waals surface area contributed by atoms with Crippen LogP contribution in [0.25, 0.3) is 0 Å². The maximum atomic E-state index is 10.3. The average molecular weight is 381 g/mol. The number of unbranched alkanes of at least 4 members (excludes halogenated alkanes) is 3. The summed E-state index contributed by atoms with van der Waals surface area (Å²) in [6.45, 7) is 6.75. The molecule has 0 bridgehead atoms. The third-order valence-corrected chi connectivity index (χ3v) is 5.86. The van der Waals surface area contributed by atoms with Gasteiger partial charge in [0.1, 0.15) is 0 Å². The van der Waals surface area contributed by atoms with Gasteiger partial charge in [-0.15, -0.1) is 0 Å². The molecule has 0 atom stereocenters. The zero-order valence-electron chi connectivity index (χ0n) is 13.5. The molecule has 0 aliphatic heterocycles. The number of phenolic OH excluding ortho intramolecular Hbond substituents is 1. The van der Waals surface area contributed by atoms with Crippen LogP contribution in [0.4, 0.5) is 0 Å². The van der Waals surface area contributed by atoms with Gasteiger partial charge in [-0.3, -0.25) is 0 Å². The van der Waals surface area contributed by atoms with Gasteiger partial charge in [-0.1, -0.05) is 0 Å². The number of aryl methyl sites for hydroxylation is 1. The number of rotatable bonds is 9. The molecular weight excluding hydrogens is 351 g/mol. The Hall–Kier alpha value is -0.181. The quantitative estimate of drug-likeness (QED) is 0.643. The van der Waals surface area contributed by atoms with E-state index >= 15 is 0 Å². The zero-order chi connectivity index (χ0) is 15.0. The van der Waals surface area contributed by atoms with Crippen LogP contribution in [-0.2, 0) is 19.3 Å². The van der Waals surface area contributed by atoms with Crippen molar-refractivity contribution in [1.82, 2.24) is 0 Å². The predicted molar refractivity (Wildman–Crippen MR) is 90.7 cm³/mol. The van der Waals surface area contributed by atoms with Gasteiger partial charge >= 0.3 is 138 Å². The number of aromatic hydroxyl groups is 1. The van der Waals surface area contributed by atoms with Crippen LogP contribution in [0.5, 0.6) is 5.75 Å². The standard InChI is InChI=1S/C18H29O.Sn.H/c1-4-7-10-15-13-17(19)14-16(11-8-5-2)18(15)12-9-6-3;;/h13,19H,4-12H2,1-3H3;;. The van der Waals surface area contributed by atoms with Crippen molar-refractivity contribution in [3.63, 3.8) is 0 Å². The summed E-state index contributed by atoms with van der Waals surface area (Å²) in [5.74, 6) is 0.560. The molecule has 1 nitrogen and oxygen atoms in total. The van der Waals surface area contributed by atoms with E-state index in [0.717, 1.165) is 35.4 Å². The fourth-order valence-electron chi connectivity index (χ4n) is 2.74. The summed E-state index contributed by atoms with van der Waals surface area (Å²) >= 11 is 1.03. The van der Waals surface area contributed by atoms with E-state index in [4.69, 9.17) is 0 Å². The Kier molecular flexibility index (Phi) is 8.67. The minimum atomic E-state index is 0.560. The molecule has 1 N–H and O–H groups in total. The topological polar surface area (TPSA) is 20.2 Å². The molecule has 1 aromatic carbocycles. The molecule has 112 valence electrons. The Morgan fingerprint density at radius 3 is 1.90 bits per heavy atom. The van der Waals surface area contributed by atoms with Crippen LogP contribution in [0.1, 0.15) is 76.0 Å². The fourth-order valence-corrected chi connectivity index (χ4v) is 3.88. The van der Waals surface area contributed by atoms with E-state index in [1.54, 1.807) is 5.56 Å². The first kappa shape index (κ1) is 17.9. The van der Waals surface area contributed by atoms with E-state index in [-0.39, 0.29) is 0 Å². The van der Waals surface area contributed by atoms with Crippen LogP contribution in [0.15, 0.2) is 6.07 Å². The van der Waals surface area contributed by atoms with Gasteiger partial charge in [-0.05, 0) is 0 Å². The summed E-state index contributed by atoms with van der Waals surface area (Å²) < 4.78 is 1.25. The van der Waals surface area contributed by atoms with Crippen LogP contribution >= 0.6 is 0 Å². The molecule has 0 aliphatic rings. The molecule has 0 aliphatic carbocycles. The number of benzene rings is 1. The van der Waals surface area contributed by atoms with Gasteiger partial charge in [0.25, 0.3) is 0 Å². The monoisotopic (exact) mass is 382 g/mol. The van der Waals surface area contributed by atoms with E-state index < -0.39 is 0 Å². The van der Waals surface area contributed by atoms with E-state index in [1.165, 1.54) is 59.7 Å². The summed E-state index contributed by atoms with van der Waals surface area (Å²) in [6.07, 6.45) is 10.9. The van der Waals surface area contributed by atoms with Gasteiger partial charge in [-0.2, -0.15) is 0 Å². The van der Waals surface area contributed by atoms with E-state index in [1.807, 2.05) is 0 Å². The Bertz CT molecular complexity index is 412. The van der Waals surface area contributed by atoms with Crippen molar-refractivity contribution in [1.29, 1.82) is 0 Å². The first-order valence-corrected chi connectivity index (χ1v) is 9.92. The van der Waals surface area contributed by atoms with Crippen molar-refractivity contribution in [2.75, 3.05) is 0 Å². The SMILES string of the molecule is CCCCc1cc(O)[c]([SnH])c(CCCC)c1CCCC. The van der Waals surface area contributed by atoms with Crippen molar-refractivity contribution >= 4 is 26.1 Å². The van der Waals surface area contributed by atoms with E-state index in [2.05, 4.69) is 26.8 Å². The molecule has 0 fully saturated rings. The van der Waals surface area contributed by atoms with E-state index in [0.29, 0.717) is 5.75 Å². The normalized spacial score (nSPS) is 11.0. The number of hydrogen-bond donors (Lipinski definition) is 1. The molecular formula is C18H30OSn. The van der Waals surface area contributed by atoms with Gasteiger partial charge in [-0.25, -0.2) is 0 Å². The second-order valence-corrected chi connectivity index (χ2v) is 7.38. The third kappa shape index (κ3) is 4.98.